The highest BCUT2D eigenvalue weighted by Crippen LogP contribution is 2.23. The molecule has 2 rings (SSSR count). The fraction of sp³-hybridized carbons (Fsp3) is 0.316. The minimum absolute atomic E-state index is 0.123. The van der Waals surface area contributed by atoms with Crippen LogP contribution >= 0.6 is 0 Å². The van der Waals surface area contributed by atoms with Gasteiger partial charge in [-0.1, -0.05) is 12.1 Å². The van der Waals surface area contributed by atoms with Crippen molar-refractivity contribution in [2.75, 3.05) is 32.1 Å². The molecule has 0 fully saturated rings. The van der Waals surface area contributed by atoms with Gasteiger partial charge in [0.15, 0.2) is 0 Å². The number of alkyl halides is 3. The van der Waals surface area contributed by atoms with Gasteiger partial charge in [0, 0.05) is 12.2 Å². The van der Waals surface area contributed by atoms with Crippen LogP contribution in [0, 0.1) is 6.92 Å². The molecule has 0 unspecified atom stereocenters. The number of rotatable bonds is 8. The van der Waals surface area contributed by atoms with Gasteiger partial charge in [-0.15, -0.1) is 13.2 Å². The normalized spacial score (nSPS) is 11.3. The van der Waals surface area contributed by atoms with Gasteiger partial charge in [0.1, 0.15) is 18.1 Å². The molecule has 8 heteroatoms. The Kier molecular flexibility index (Phi) is 7.06. The lowest BCUT2D eigenvalue weighted by Crippen LogP contribution is -2.33. The number of likely N-dealkylation sites (N-methyl/N-ethyl adjacent to an activating group) is 1. The number of carbonyl (C=O) groups is 1. The molecule has 5 nitrogen and oxygen atoms in total. The Hall–Kier alpha value is -2.74. The minimum Gasteiger partial charge on any atom is -0.492 e. The van der Waals surface area contributed by atoms with Crippen molar-refractivity contribution < 1.29 is 27.4 Å². The summed E-state index contributed by atoms with van der Waals surface area (Å²) in [5.41, 5.74) is 1.49. The molecule has 0 aliphatic heterocycles. The summed E-state index contributed by atoms with van der Waals surface area (Å²) < 4.78 is 45.8. The van der Waals surface area contributed by atoms with Crippen LogP contribution in [0.4, 0.5) is 18.9 Å². The quantitative estimate of drug-likeness (QED) is 0.754. The van der Waals surface area contributed by atoms with E-state index in [1.165, 1.54) is 12.1 Å². The lowest BCUT2D eigenvalue weighted by Gasteiger charge is -2.17. The van der Waals surface area contributed by atoms with Crippen LogP contribution in [-0.2, 0) is 4.79 Å². The second-order valence-electron chi connectivity index (χ2n) is 6.02. The highest BCUT2D eigenvalue weighted by atomic mass is 19.4. The Labute approximate surface area is 155 Å². The zero-order chi connectivity index (χ0) is 19.9. The Bertz CT molecular complexity index is 749. The number of aryl methyl sites for hydroxylation is 1. The molecule has 2 aromatic rings. The van der Waals surface area contributed by atoms with E-state index in [4.69, 9.17) is 4.74 Å². The van der Waals surface area contributed by atoms with Crippen molar-refractivity contribution >= 4 is 11.6 Å². The molecule has 0 spiro atoms. The number of nitrogens with zero attached hydrogens (tertiary/aromatic N) is 1. The van der Waals surface area contributed by atoms with E-state index in [1.807, 2.05) is 31.2 Å². The number of nitrogens with one attached hydrogen (secondary N) is 1. The van der Waals surface area contributed by atoms with Gasteiger partial charge < -0.3 is 14.8 Å². The number of ether oxygens (including phenoxy) is 2. The fourth-order valence-corrected chi connectivity index (χ4v) is 2.29. The minimum atomic E-state index is -4.74. The van der Waals surface area contributed by atoms with Crippen molar-refractivity contribution in [2.45, 2.75) is 13.3 Å². The highest BCUT2D eigenvalue weighted by Gasteiger charge is 2.30. The first-order valence-corrected chi connectivity index (χ1v) is 8.25. The van der Waals surface area contributed by atoms with Crippen LogP contribution in [0.1, 0.15) is 5.56 Å². The van der Waals surface area contributed by atoms with Gasteiger partial charge in [-0.25, -0.2) is 0 Å². The monoisotopic (exact) mass is 382 g/mol. The van der Waals surface area contributed by atoms with Crippen LogP contribution in [0.15, 0.2) is 48.5 Å². The third-order valence-corrected chi connectivity index (χ3v) is 3.52. The first kappa shape index (κ1) is 20.6. The molecule has 2 aromatic carbocycles. The van der Waals surface area contributed by atoms with Gasteiger partial charge in [0.2, 0.25) is 5.91 Å². The van der Waals surface area contributed by atoms with E-state index >= 15 is 0 Å². The van der Waals surface area contributed by atoms with Crippen molar-refractivity contribution in [2.24, 2.45) is 0 Å². The van der Waals surface area contributed by atoms with Crippen LogP contribution in [0.25, 0.3) is 0 Å². The number of hydrogen-bond donors (Lipinski definition) is 1. The second-order valence-corrected chi connectivity index (χ2v) is 6.02. The molecule has 0 radical (unpaired) electrons. The number of anilines is 1. The summed E-state index contributed by atoms with van der Waals surface area (Å²) in [5, 5.41) is 2.62. The molecule has 0 atom stereocenters. The summed E-state index contributed by atoms with van der Waals surface area (Å²) in [5.74, 6) is 0.150. The van der Waals surface area contributed by atoms with Crippen molar-refractivity contribution in [3.05, 3.63) is 54.1 Å². The van der Waals surface area contributed by atoms with E-state index in [9.17, 15) is 18.0 Å². The molecule has 0 saturated heterocycles. The van der Waals surface area contributed by atoms with Gasteiger partial charge in [-0.05, 0) is 55.9 Å². The molecule has 1 amide bonds. The number of halogens is 3. The van der Waals surface area contributed by atoms with Crippen LogP contribution in [0.3, 0.4) is 0 Å². The van der Waals surface area contributed by atoms with Gasteiger partial charge >= 0.3 is 6.36 Å². The first-order chi connectivity index (χ1) is 12.7. The van der Waals surface area contributed by atoms with E-state index in [0.717, 1.165) is 23.4 Å². The zero-order valence-electron chi connectivity index (χ0n) is 15.0. The summed E-state index contributed by atoms with van der Waals surface area (Å²) in [6.07, 6.45) is -4.74. The van der Waals surface area contributed by atoms with Crippen LogP contribution in [-0.4, -0.2) is 43.9 Å². The molecule has 0 aliphatic rings. The summed E-state index contributed by atoms with van der Waals surface area (Å²) in [7, 11) is 1.78. The maximum atomic E-state index is 12.1. The predicted molar refractivity (Wildman–Crippen MR) is 95.9 cm³/mol. The maximum absolute atomic E-state index is 12.1. The maximum Gasteiger partial charge on any atom is 0.573 e. The van der Waals surface area contributed by atoms with E-state index in [2.05, 4.69) is 10.1 Å². The van der Waals surface area contributed by atoms with Gasteiger partial charge in [0.05, 0.1) is 6.54 Å². The SMILES string of the molecule is Cc1cccc(OCCN(C)CC(=O)Nc2ccc(OC(F)(F)F)cc2)c1. The van der Waals surface area contributed by atoms with Gasteiger partial charge in [0.25, 0.3) is 0 Å². The third-order valence-electron chi connectivity index (χ3n) is 3.52. The van der Waals surface area contributed by atoms with Crippen molar-refractivity contribution in [3.8, 4) is 11.5 Å². The summed E-state index contributed by atoms with van der Waals surface area (Å²) in [6, 6.07) is 12.7. The lowest BCUT2D eigenvalue weighted by atomic mass is 10.2. The largest absolute Gasteiger partial charge is 0.573 e. The molecular formula is C19H21F3N2O3. The molecule has 1 N–H and O–H groups in total. The molecule has 0 bridgehead atoms. The number of benzene rings is 2. The van der Waals surface area contributed by atoms with Gasteiger partial charge in [-0.2, -0.15) is 0 Å². The Morgan fingerprint density at radius 1 is 1.11 bits per heavy atom. The Morgan fingerprint density at radius 3 is 2.44 bits per heavy atom. The molecule has 27 heavy (non-hydrogen) atoms. The number of carbonyl (C=O) groups excluding carboxylic acids is 1. The second kappa shape index (κ2) is 9.27. The van der Waals surface area contributed by atoms with E-state index in [1.54, 1.807) is 11.9 Å². The zero-order valence-corrected chi connectivity index (χ0v) is 15.0. The molecule has 0 aromatic heterocycles. The number of amides is 1. The van der Waals surface area contributed by atoms with E-state index < -0.39 is 6.36 Å². The summed E-state index contributed by atoms with van der Waals surface area (Å²) >= 11 is 0. The van der Waals surface area contributed by atoms with Crippen molar-refractivity contribution in [3.63, 3.8) is 0 Å². The number of hydrogen-bond acceptors (Lipinski definition) is 4. The first-order valence-electron chi connectivity index (χ1n) is 8.25. The van der Waals surface area contributed by atoms with Gasteiger partial charge in [-0.3, -0.25) is 9.69 Å². The standard InChI is InChI=1S/C19H21F3N2O3/c1-14-4-3-5-17(12-14)26-11-10-24(2)13-18(25)23-15-6-8-16(9-7-15)27-19(20,21)22/h3-9,12H,10-11,13H2,1-2H3,(H,23,25). The smallest absolute Gasteiger partial charge is 0.492 e. The lowest BCUT2D eigenvalue weighted by molar-refractivity contribution is -0.274. The average molecular weight is 382 g/mol. The van der Waals surface area contributed by atoms with Crippen LogP contribution in [0.2, 0.25) is 0 Å². The molecular weight excluding hydrogens is 361 g/mol. The van der Waals surface area contributed by atoms with Crippen molar-refractivity contribution in [1.82, 2.24) is 4.90 Å². The van der Waals surface area contributed by atoms with Crippen LogP contribution in [0.5, 0.6) is 11.5 Å². The van der Waals surface area contributed by atoms with E-state index in [-0.39, 0.29) is 18.2 Å². The summed E-state index contributed by atoms with van der Waals surface area (Å²) in [4.78, 5) is 13.8. The average Bonchev–Trinajstić information content (AvgIpc) is 2.55. The predicted octanol–water partition coefficient (Wildman–Crippen LogP) is 3.84. The fourth-order valence-electron chi connectivity index (χ4n) is 2.29. The van der Waals surface area contributed by atoms with Crippen molar-refractivity contribution in [1.29, 1.82) is 0 Å². The topological polar surface area (TPSA) is 50.8 Å². The third kappa shape index (κ3) is 8.00. The van der Waals surface area contributed by atoms with Crippen LogP contribution < -0.4 is 14.8 Å². The Balaban J connectivity index is 1.72. The molecule has 0 aliphatic carbocycles. The summed E-state index contributed by atoms with van der Waals surface area (Å²) in [6.45, 7) is 3.07. The Morgan fingerprint density at radius 2 is 1.81 bits per heavy atom. The highest BCUT2D eigenvalue weighted by molar-refractivity contribution is 5.92. The van der Waals surface area contributed by atoms with E-state index in [0.29, 0.717) is 18.8 Å². The molecule has 146 valence electrons. The molecule has 0 heterocycles. The molecule has 0 saturated carbocycles.